The quantitative estimate of drug-likeness (QED) is 0.104. The number of benzene rings is 5. The molecule has 10 aromatic rings. The van der Waals surface area contributed by atoms with Crippen LogP contribution in [0.4, 0.5) is 8.78 Å². The summed E-state index contributed by atoms with van der Waals surface area (Å²) in [6.07, 6.45) is 24.9. The number of fused-ring (bicyclic) bond motifs is 5. The number of hydrogen-bond donors (Lipinski definition) is 5. The number of H-pyrrole nitrogens is 5. The van der Waals surface area contributed by atoms with E-state index in [1.165, 1.54) is 100 Å². The van der Waals surface area contributed by atoms with Crippen molar-refractivity contribution in [3.05, 3.63) is 197 Å². The van der Waals surface area contributed by atoms with Crippen molar-refractivity contribution in [2.75, 3.05) is 78.8 Å². The molecule has 1 saturated heterocycles. The van der Waals surface area contributed by atoms with Gasteiger partial charge in [0.15, 0.2) is 0 Å². The van der Waals surface area contributed by atoms with Gasteiger partial charge in [0.2, 0.25) is 33.7 Å². The van der Waals surface area contributed by atoms with Crippen LogP contribution in [-0.2, 0) is 29.2 Å². The molecule has 0 atom stereocenters. The van der Waals surface area contributed by atoms with Crippen molar-refractivity contribution in [2.24, 2.45) is 0 Å². The number of hydrogen-bond acceptors (Lipinski definition) is 7. The fourth-order valence-electron chi connectivity index (χ4n) is 13.7. The number of halogens is 2. The SMILES string of the molecule is CC(=O)N1CC=C(c2c[nH]c3ccc(C)cc23)CC1.CC(=O)N1CC=C(c2c[nH]c3ccc(F)cc23)CC1.CC(=O)N1CCC(c2c[nH]c3ccc(C)cc23)CC1.COc1cccc2c(C3=CCN(C(C)=O)CC3)c[nH]c12.CS(=O)(=O)N1CC=C(c2c[nH]c3ccc(F)cc23)CC1. The second-order valence-electron chi connectivity index (χ2n) is 25.6. The van der Waals surface area contributed by atoms with Crippen LogP contribution in [0.15, 0.2) is 146 Å². The Hall–Kier alpha value is -9.79. The highest BCUT2D eigenvalue weighted by atomic mass is 32.2. The Kier molecular flexibility index (Phi) is 21.3. The zero-order chi connectivity index (χ0) is 68.7. The topological polar surface area (TPSA) is 207 Å². The minimum absolute atomic E-state index is 0.0975. The molecule has 1 fully saturated rings. The monoisotopic (exact) mass is 1330 g/mol. The van der Waals surface area contributed by atoms with Gasteiger partial charge in [-0.3, -0.25) is 19.2 Å². The van der Waals surface area contributed by atoms with Crippen molar-refractivity contribution in [2.45, 2.75) is 86.0 Å². The summed E-state index contributed by atoms with van der Waals surface area (Å²) in [5, 5.41) is 5.54. The van der Waals surface area contributed by atoms with Crippen molar-refractivity contribution in [3.8, 4) is 5.75 Å². The summed E-state index contributed by atoms with van der Waals surface area (Å²) >= 11 is 0. The van der Waals surface area contributed by atoms with Crippen LogP contribution in [0.3, 0.4) is 0 Å². The van der Waals surface area contributed by atoms with Gasteiger partial charge in [0, 0.05) is 195 Å². The van der Waals surface area contributed by atoms with Gasteiger partial charge in [-0.2, -0.15) is 4.31 Å². The van der Waals surface area contributed by atoms with Gasteiger partial charge in [0.1, 0.15) is 17.4 Å². The maximum absolute atomic E-state index is 13.4. The highest BCUT2D eigenvalue weighted by molar-refractivity contribution is 7.88. The predicted molar refractivity (Wildman–Crippen MR) is 385 cm³/mol. The van der Waals surface area contributed by atoms with E-state index in [-0.39, 0.29) is 35.3 Å². The van der Waals surface area contributed by atoms with E-state index in [2.05, 4.69) is 112 Å². The molecule has 97 heavy (non-hydrogen) atoms. The number of carbonyl (C=O) groups excluding carboxylic acids is 4. The van der Waals surface area contributed by atoms with Gasteiger partial charge < -0.3 is 49.3 Å². The minimum atomic E-state index is -3.15. The highest BCUT2D eigenvalue weighted by Crippen LogP contribution is 2.37. The van der Waals surface area contributed by atoms with E-state index in [1.807, 2.05) is 51.5 Å². The number of aromatic amines is 5. The summed E-state index contributed by atoms with van der Waals surface area (Å²) in [7, 11) is -1.47. The number of para-hydroxylation sites is 1. The number of nitrogens with one attached hydrogen (secondary N) is 5. The van der Waals surface area contributed by atoms with Crippen LogP contribution in [-0.4, -0.2) is 160 Å². The smallest absolute Gasteiger partial charge is 0.219 e. The Morgan fingerprint density at radius 1 is 0.454 bits per heavy atom. The number of rotatable bonds is 7. The molecule has 506 valence electrons. The first-order valence-corrected chi connectivity index (χ1v) is 35.0. The molecule has 5 aromatic carbocycles. The number of aromatic nitrogens is 5. The third-order valence-corrected chi connectivity index (χ3v) is 20.5. The van der Waals surface area contributed by atoms with Gasteiger partial charge in [-0.05, 0) is 153 Å². The fraction of sp³-hybridized carbons (Fsp3) is 0.325. The lowest BCUT2D eigenvalue weighted by Gasteiger charge is -2.31. The van der Waals surface area contributed by atoms with E-state index in [0.717, 1.165) is 121 Å². The normalized spacial score (nSPS) is 16.2. The molecular formula is C77H86F2N10O7S. The van der Waals surface area contributed by atoms with Crippen LogP contribution in [0.5, 0.6) is 5.75 Å². The number of ether oxygens (including phenoxy) is 1. The van der Waals surface area contributed by atoms with Crippen molar-refractivity contribution >= 4 is 110 Å². The van der Waals surface area contributed by atoms with Crippen LogP contribution in [0, 0.1) is 25.5 Å². The van der Waals surface area contributed by atoms with Crippen molar-refractivity contribution in [1.29, 1.82) is 0 Å². The van der Waals surface area contributed by atoms with Crippen molar-refractivity contribution in [1.82, 2.24) is 48.8 Å². The zero-order valence-corrected chi connectivity index (χ0v) is 57.3. The molecule has 5 aromatic heterocycles. The summed E-state index contributed by atoms with van der Waals surface area (Å²) in [6, 6.07) is 28.5. The van der Waals surface area contributed by atoms with E-state index in [9.17, 15) is 36.4 Å². The molecular weight excluding hydrogens is 1250 g/mol. The zero-order valence-electron chi connectivity index (χ0n) is 56.5. The summed E-state index contributed by atoms with van der Waals surface area (Å²) in [6.45, 7) is 17.7. The van der Waals surface area contributed by atoms with Crippen LogP contribution in [0.1, 0.15) is 111 Å². The van der Waals surface area contributed by atoms with Gasteiger partial charge in [-0.25, -0.2) is 17.2 Å². The number of piperidine rings is 1. The largest absolute Gasteiger partial charge is 0.495 e. The fourth-order valence-corrected chi connectivity index (χ4v) is 14.4. The molecule has 0 spiro atoms. The number of nitrogens with zero attached hydrogens (tertiary/aromatic N) is 5. The van der Waals surface area contributed by atoms with E-state index < -0.39 is 10.0 Å². The maximum Gasteiger partial charge on any atom is 0.219 e. The predicted octanol–water partition coefficient (Wildman–Crippen LogP) is 14.4. The third-order valence-electron chi connectivity index (χ3n) is 19.3. The summed E-state index contributed by atoms with van der Waals surface area (Å²) in [5.74, 6) is 1.53. The van der Waals surface area contributed by atoms with E-state index >= 15 is 0 Å². The van der Waals surface area contributed by atoms with Gasteiger partial charge in [0.05, 0.1) is 18.9 Å². The summed E-state index contributed by atoms with van der Waals surface area (Å²) in [5.41, 5.74) is 18.6. The third kappa shape index (κ3) is 16.0. The Bertz CT molecular complexity index is 4710. The average molecular weight is 1330 g/mol. The lowest BCUT2D eigenvalue weighted by molar-refractivity contribution is -0.130. The van der Waals surface area contributed by atoms with Gasteiger partial charge in [-0.1, -0.05) is 59.7 Å². The van der Waals surface area contributed by atoms with Crippen LogP contribution in [0.25, 0.3) is 76.8 Å². The molecule has 5 aliphatic rings. The molecule has 4 amide bonds. The van der Waals surface area contributed by atoms with Crippen molar-refractivity contribution in [3.63, 3.8) is 0 Å². The molecule has 20 heteroatoms. The first-order valence-electron chi connectivity index (χ1n) is 33.2. The maximum atomic E-state index is 13.4. The summed E-state index contributed by atoms with van der Waals surface area (Å²) < 4.78 is 56.5. The molecule has 15 rings (SSSR count). The number of aryl methyl sites for hydroxylation is 2. The Morgan fingerprint density at radius 3 is 1.26 bits per heavy atom. The molecule has 0 unspecified atom stereocenters. The van der Waals surface area contributed by atoms with Crippen LogP contribution < -0.4 is 4.74 Å². The number of carbonyl (C=O) groups is 4. The molecule has 0 aliphatic carbocycles. The van der Waals surface area contributed by atoms with E-state index in [0.29, 0.717) is 38.5 Å². The first kappa shape index (κ1) is 68.6. The molecule has 5 aliphatic heterocycles. The number of likely N-dealkylation sites (tertiary alicyclic amines) is 1. The van der Waals surface area contributed by atoms with Gasteiger partial charge >= 0.3 is 0 Å². The second kappa shape index (κ2) is 30.1. The number of sulfonamides is 1. The standard InChI is InChI=1S/C16H18N2O2.C16H20N2O.C16H18N2O.C15H15FN2O.C14H15FN2O2S/c1-11(19)18-8-6-12(7-9-18)14-10-17-16-13(14)4-3-5-15(16)20-2;2*1-11-3-4-16-14(9-11)15(10-17-16)13-5-7-18(8-6-13)12(2)19;1-10(19)18-6-4-11(5-7-18)14-9-17-15-3-2-12(16)8-13(14)15;1-20(18,19)17-6-4-10(5-7-17)13-9-16-14-3-2-11(15)8-12(13)14/h3-6,10,17H,7-9H2,1-2H3;3-4,9-10,13,17H,5-8H2,1-2H3;3-5,9-10,17H,6-8H2,1-2H3;2-4,8-9,17H,5-7H2,1H3;2-4,8-9,16H,5-7H2,1H3. The van der Waals surface area contributed by atoms with E-state index in [4.69, 9.17) is 4.74 Å². The molecule has 0 saturated carbocycles. The Morgan fingerprint density at radius 2 is 0.845 bits per heavy atom. The lowest BCUT2D eigenvalue weighted by Crippen LogP contribution is -2.36. The number of methoxy groups -OCH3 is 1. The molecule has 17 nitrogen and oxygen atoms in total. The molecule has 10 heterocycles. The highest BCUT2D eigenvalue weighted by Gasteiger charge is 2.26. The first-order chi connectivity index (χ1) is 46.6. The van der Waals surface area contributed by atoms with Gasteiger partial charge in [0.25, 0.3) is 0 Å². The van der Waals surface area contributed by atoms with Gasteiger partial charge in [-0.15, -0.1) is 0 Å². The average Bonchev–Trinajstić information content (AvgIpc) is 1.71. The number of amides is 4. The van der Waals surface area contributed by atoms with Crippen molar-refractivity contribution < 1.29 is 41.1 Å². The second-order valence-corrected chi connectivity index (χ2v) is 27.6. The molecule has 5 N–H and O–H groups in total. The van der Waals surface area contributed by atoms with Crippen LogP contribution in [0.2, 0.25) is 0 Å². The Balaban J connectivity index is 0.000000123. The molecule has 0 radical (unpaired) electrons. The van der Waals surface area contributed by atoms with E-state index in [1.54, 1.807) is 57.9 Å². The Labute approximate surface area is 565 Å². The lowest BCUT2D eigenvalue weighted by atomic mass is 9.89. The van der Waals surface area contributed by atoms with Crippen LogP contribution >= 0.6 is 0 Å². The minimum Gasteiger partial charge on any atom is -0.495 e. The molecule has 0 bridgehead atoms. The summed E-state index contributed by atoms with van der Waals surface area (Å²) in [4.78, 5) is 69.1.